The molecule has 2 amide bonds. The fraction of sp³-hybridized carbons (Fsp3) is 0.647. The first-order valence-electron chi connectivity index (χ1n) is 8.53. The van der Waals surface area contributed by atoms with Gasteiger partial charge in [-0.05, 0) is 44.6 Å². The molecule has 2 atom stereocenters. The second-order valence-corrected chi connectivity index (χ2v) is 6.72. The van der Waals surface area contributed by atoms with Gasteiger partial charge in [0.2, 0.25) is 5.91 Å². The maximum atomic E-state index is 12.5. The number of ether oxygens (including phenoxy) is 1. The minimum atomic E-state index is -0.260. The zero-order chi connectivity index (χ0) is 17.1. The molecule has 3 rings (SSSR count). The summed E-state index contributed by atoms with van der Waals surface area (Å²) in [6, 6.07) is 1.72. The van der Waals surface area contributed by atoms with Gasteiger partial charge < -0.3 is 15.4 Å². The number of nitrogens with two attached hydrogens (primary N) is 1. The lowest BCUT2D eigenvalue weighted by atomic mass is 9.86. The Hall–Kier alpha value is -2.02. The Bertz CT molecular complexity index is 614. The second-order valence-electron chi connectivity index (χ2n) is 6.72. The predicted molar refractivity (Wildman–Crippen MR) is 87.1 cm³/mol. The molecule has 2 aliphatic rings. The van der Waals surface area contributed by atoms with Gasteiger partial charge in [-0.1, -0.05) is 0 Å². The quantitative estimate of drug-likeness (QED) is 0.884. The van der Waals surface area contributed by atoms with Crippen LogP contribution in [0.1, 0.15) is 41.9 Å². The van der Waals surface area contributed by atoms with Crippen LogP contribution in [0.2, 0.25) is 0 Å². The fourth-order valence-electron chi connectivity index (χ4n) is 3.64. The van der Waals surface area contributed by atoms with E-state index in [-0.39, 0.29) is 23.8 Å². The first-order valence-corrected chi connectivity index (χ1v) is 8.53. The molecule has 130 valence electrons. The number of hydrogen-bond donors (Lipinski definition) is 1. The minimum absolute atomic E-state index is 0.0360. The molecule has 1 aromatic heterocycles. The molecule has 2 aliphatic heterocycles. The summed E-state index contributed by atoms with van der Waals surface area (Å²) in [4.78, 5) is 33.9. The van der Waals surface area contributed by atoms with Crippen LogP contribution in [0.15, 0.2) is 12.4 Å². The van der Waals surface area contributed by atoms with Crippen molar-refractivity contribution in [2.75, 3.05) is 19.7 Å². The van der Waals surface area contributed by atoms with Gasteiger partial charge in [0.1, 0.15) is 12.0 Å². The standard InChI is InChI=1S/C17H24N4O3/c1-11-8-14(20-10-19-11)17(23)21-5-2-12(3-6-21)9-15-13(16(18)22)4-7-24-15/h8,10,12-13,15H,2-7,9H2,1H3,(H2,18,22)/t13-,15-/m1/s1. The number of aromatic nitrogens is 2. The average molecular weight is 332 g/mol. The molecule has 7 heteroatoms. The molecular formula is C17H24N4O3. The summed E-state index contributed by atoms with van der Waals surface area (Å²) in [5.41, 5.74) is 6.69. The molecule has 0 radical (unpaired) electrons. The Morgan fingerprint density at radius 1 is 1.29 bits per heavy atom. The van der Waals surface area contributed by atoms with Gasteiger partial charge in [-0.2, -0.15) is 0 Å². The Labute approximate surface area is 141 Å². The number of amides is 2. The van der Waals surface area contributed by atoms with Gasteiger partial charge in [-0.3, -0.25) is 9.59 Å². The van der Waals surface area contributed by atoms with Crippen molar-refractivity contribution in [3.8, 4) is 0 Å². The largest absolute Gasteiger partial charge is 0.377 e. The maximum Gasteiger partial charge on any atom is 0.272 e. The third-order valence-electron chi connectivity index (χ3n) is 5.07. The Balaban J connectivity index is 1.52. The van der Waals surface area contributed by atoms with E-state index in [4.69, 9.17) is 10.5 Å². The predicted octanol–water partition coefficient (Wildman–Crippen LogP) is 0.918. The SMILES string of the molecule is Cc1cc(C(=O)N2CCC(C[C@H]3OCC[C@H]3C(N)=O)CC2)ncn1. The van der Waals surface area contributed by atoms with Crippen LogP contribution in [0.4, 0.5) is 0 Å². The molecule has 0 unspecified atom stereocenters. The number of aryl methyl sites for hydroxylation is 1. The smallest absolute Gasteiger partial charge is 0.272 e. The highest BCUT2D eigenvalue weighted by atomic mass is 16.5. The summed E-state index contributed by atoms with van der Waals surface area (Å²) in [6.45, 7) is 3.88. The fourth-order valence-corrected chi connectivity index (χ4v) is 3.64. The number of piperidine rings is 1. The zero-order valence-electron chi connectivity index (χ0n) is 14.0. The van der Waals surface area contributed by atoms with Crippen LogP contribution in [0.3, 0.4) is 0 Å². The van der Waals surface area contributed by atoms with Gasteiger partial charge in [0.05, 0.1) is 12.0 Å². The van der Waals surface area contributed by atoms with E-state index in [1.54, 1.807) is 6.07 Å². The van der Waals surface area contributed by atoms with E-state index >= 15 is 0 Å². The van der Waals surface area contributed by atoms with Gasteiger partial charge >= 0.3 is 0 Å². The molecule has 0 spiro atoms. The number of primary amides is 1. The second kappa shape index (κ2) is 7.25. The first kappa shape index (κ1) is 16.8. The van der Waals surface area contributed by atoms with E-state index in [0.29, 0.717) is 31.3 Å². The molecule has 7 nitrogen and oxygen atoms in total. The summed E-state index contributed by atoms with van der Waals surface area (Å²) in [6.07, 6.45) is 4.78. The highest BCUT2D eigenvalue weighted by Crippen LogP contribution is 2.30. The van der Waals surface area contributed by atoms with E-state index in [9.17, 15) is 9.59 Å². The van der Waals surface area contributed by atoms with Gasteiger partial charge in [0, 0.05) is 25.4 Å². The third kappa shape index (κ3) is 3.72. The van der Waals surface area contributed by atoms with Gasteiger partial charge in [-0.25, -0.2) is 9.97 Å². The Morgan fingerprint density at radius 3 is 2.71 bits per heavy atom. The number of hydrogen-bond acceptors (Lipinski definition) is 5. The van der Waals surface area contributed by atoms with Crippen LogP contribution >= 0.6 is 0 Å². The summed E-state index contributed by atoms with van der Waals surface area (Å²) in [5, 5.41) is 0. The van der Waals surface area contributed by atoms with Crippen molar-refractivity contribution >= 4 is 11.8 Å². The van der Waals surface area contributed by atoms with E-state index in [1.165, 1.54) is 6.33 Å². The highest BCUT2D eigenvalue weighted by Gasteiger charge is 2.35. The monoisotopic (exact) mass is 332 g/mol. The van der Waals surface area contributed by atoms with Crippen molar-refractivity contribution in [3.63, 3.8) is 0 Å². The van der Waals surface area contributed by atoms with E-state index in [0.717, 1.165) is 31.4 Å². The zero-order valence-corrected chi connectivity index (χ0v) is 14.0. The molecule has 2 fully saturated rings. The number of nitrogens with zero attached hydrogens (tertiary/aromatic N) is 3. The van der Waals surface area contributed by atoms with Crippen LogP contribution in [0.5, 0.6) is 0 Å². The lowest BCUT2D eigenvalue weighted by Crippen LogP contribution is -2.40. The molecular weight excluding hydrogens is 308 g/mol. The van der Waals surface area contributed by atoms with Crippen molar-refractivity contribution in [3.05, 3.63) is 23.8 Å². The molecule has 2 saturated heterocycles. The summed E-state index contributed by atoms with van der Waals surface area (Å²) >= 11 is 0. The number of carbonyl (C=O) groups is 2. The van der Waals surface area contributed by atoms with Crippen LogP contribution in [-0.4, -0.2) is 52.5 Å². The summed E-state index contributed by atoms with van der Waals surface area (Å²) < 4.78 is 5.69. The third-order valence-corrected chi connectivity index (χ3v) is 5.07. The number of rotatable bonds is 4. The molecule has 0 aliphatic carbocycles. The molecule has 1 aromatic rings. The topological polar surface area (TPSA) is 98.4 Å². The first-order chi connectivity index (χ1) is 11.5. The number of carbonyl (C=O) groups excluding carboxylic acids is 2. The van der Waals surface area contributed by atoms with E-state index in [2.05, 4.69) is 9.97 Å². The molecule has 0 aromatic carbocycles. The Kier molecular flexibility index (Phi) is 5.08. The van der Waals surface area contributed by atoms with Crippen molar-refractivity contribution in [1.29, 1.82) is 0 Å². The van der Waals surface area contributed by atoms with Crippen LogP contribution < -0.4 is 5.73 Å². The molecule has 3 heterocycles. The normalized spacial score (nSPS) is 25.0. The molecule has 2 N–H and O–H groups in total. The summed E-state index contributed by atoms with van der Waals surface area (Å²) in [7, 11) is 0. The van der Waals surface area contributed by atoms with Gasteiger partial charge in [-0.15, -0.1) is 0 Å². The average Bonchev–Trinajstić information content (AvgIpc) is 3.03. The van der Waals surface area contributed by atoms with Crippen LogP contribution in [-0.2, 0) is 9.53 Å². The van der Waals surface area contributed by atoms with E-state index < -0.39 is 0 Å². The molecule has 0 saturated carbocycles. The van der Waals surface area contributed by atoms with Crippen molar-refractivity contribution in [2.24, 2.45) is 17.6 Å². The molecule has 24 heavy (non-hydrogen) atoms. The number of likely N-dealkylation sites (tertiary alicyclic amines) is 1. The highest BCUT2D eigenvalue weighted by molar-refractivity contribution is 5.92. The molecule has 0 bridgehead atoms. The van der Waals surface area contributed by atoms with E-state index in [1.807, 2.05) is 11.8 Å². The van der Waals surface area contributed by atoms with Crippen molar-refractivity contribution < 1.29 is 14.3 Å². The van der Waals surface area contributed by atoms with Gasteiger partial charge in [0.25, 0.3) is 5.91 Å². The van der Waals surface area contributed by atoms with Crippen molar-refractivity contribution in [2.45, 2.75) is 38.7 Å². The van der Waals surface area contributed by atoms with Crippen LogP contribution in [0.25, 0.3) is 0 Å². The van der Waals surface area contributed by atoms with Crippen LogP contribution in [0, 0.1) is 18.8 Å². The lowest BCUT2D eigenvalue weighted by Gasteiger charge is -2.33. The summed E-state index contributed by atoms with van der Waals surface area (Å²) in [5.74, 6) is 0.00937. The maximum absolute atomic E-state index is 12.5. The van der Waals surface area contributed by atoms with Crippen molar-refractivity contribution in [1.82, 2.24) is 14.9 Å². The Morgan fingerprint density at radius 2 is 2.04 bits per heavy atom. The van der Waals surface area contributed by atoms with Gasteiger partial charge in [0.15, 0.2) is 0 Å². The minimum Gasteiger partial charge on any atom is -0.377 e. The lowest BCUT2D eigenvalue weighted by molar-refractivity contribution is -0.123.